The van der Waals surface area contributed by atoms with E-state index < -0.39 is 21.4 Å². The Bertz CT molecular complexity index is 4750. The van der Waals surface area contributed by atoms with Crippen molar-refractivity contribution in [3.8, 4) is 17.2 Å². The molecule has 0 unspecified atom stereocenters. The average molecular weight is 1830 g/mol. The van der Waals surface area contributed by atoms with E-state index in [2.05, 4.69) is 153 Å². The van der Waals surface area contributed by atoms with Crippen LogP contribution in [-0.4, -0.2) is 206 Å². The summed E-state index contributed by atoms with van der Waals surface area (Å²) >= 11 is 30.0. The quantitative estimate of drug-likeness (QED) is 0.0366. The first-order valence-corrected chi connectivity index (χ1v) is 51.2. The Morgan fingerprint density at radius 2 is 0.633 bits per heavy atom. The summed E-state index contributed by atoms with van der Waals surface area (Å²) < 4.78 is 56.8. The highest BCUT2D eigenvalue weighted by atomic mass is 79.9. The van der Waals surface area contributed by atoms with Gasteiger partial charge in [-0.05, 0) is 277 Å². The third-order valence-corrected chi connectivity index (χ3v) is 31.3. The van der Waals surface area contributed by atoms with Crippen molar-refractivity contribution in [1.82, 2.24) is 44.6 Å². The van der Waals surface area contributed by atoms with Crippen molar-refractivity contribution >= 4 is 186 Å². The predicted octanol–water partition coefficient (Wildman–Crippen LogP) is 20.3. The molecule has 0 bridgehead atoms. The number of piperidine rings is 6. The first kappa shape index (κ1) is 90.1. The largest absolute Gasteiger partial charge is 0.494 e. The lowest BCUT2D eigenvalue weighted by molar-refractivity contribution is 0.0944. The van der Waals surface area contributed by atoms with Crippen molar-refractivity contribution in [2.45, 2.75) is 84.0 Å². The zero-order chi connectivity index (χ0) is 85.5. The van der Waals surface area contributed by atoms with Gasteiger partial charge in [0.15, 0.2) is 17.5 Å². The van der Waals surface area contributed by atoms with Gasteiger partial charge in [-0.25, -0.2) is 15.0 Å². The molecule has 6 aliphatic heterocycles. The third kappa shape index (κ3) is 22.1. The van der Waals surface area contributed by atoms with Gasteiger partial charge in [0.25, 0.3) is 0 Å². The molecule has 32 heteroatoms. The van der Waals surface area contributed by atoms with Crippen LogP contribution in [0.3, 0.4) is 0 Å². The number of hydrogen-bond donors (Lipinski definition) is 6. The standard InChI is InChI=1S/C30H40ClN6O2P.C29H37BrClN6O2P.C29H37Cl2N6O2P/c1-21-18-24(26(39-3)19-25(21)37-16-12-30(13-17-37)10-14-36(2)15-11-30)34-29-32-20-22(31)28(35-29)33-23-8-6-7-9-27(23)40(4,5)38;2*1-36-13-9-29(10-14-36)11-15-37(16-12-29)24-18-25(39-2)23(17-20(24)30)34-28-32-19-21(31)27(35-28)33-22-7-5-6-8-26(22)40(3,4)38/h6-9,18-20H,10-17H2,1-5H3,(H2,32,33,34,35);2*5-8,17-19H,9-16H2,1-4H3,(H2,32,33,34,35). The number of methoxy groups -OCH3 is 3. The van der Waals surface area contributed by atoms with Gasteiger partial charge in [-0.3, -0.25) is 0 Å². The van der Waals surface area contributed by atoms with E-state index >= 15 is 0 Å². The number of benzene rings is 6. The molecule has 6 N–H and O–H groups in total. The molecule has 3 spiro atoms. The lowest BCUT2D eigenvalue weighted by Gasteiger charge is -2.47. The molecular weight excluding hydrogens is 1720 g/mol. The summed E-state index contributed by atoms with van der Waals surface area (Å²) in [6.07, 6.45) is 19.7. The number of aromatic nitrogens is 6. The van der Waals surface area contributed by atoms with Gasteiger partial charge in [0.1, 0.15) is 53.7 Å². The molecule has 642 valence electrons. The highest BCUT2D eigenvalue weighted by Gasteiger charge is 2.41. The minimum absolute atomic E-state index is 0.324. The number of rotatable bonds is 21. The monoisotopic (exact) mass is 1830 g/mol. The van der Waals surface area contributed by atoms with Gasteiger partial charge < -0.3 is 89.2 Å². The molecule has 3 aromatic heterocycles. The summed E-state index contributed by atoms with van der Waals surface area (Å²) in [5.41, 5.74) is 10.2. The van der Waals surface area contributed by atoms with Crippen LogP contribution in [0.15, 0.2) is 132 Å². The van der Waals surface area contributed by atoms with Gasteiger partial charge in [-0.1, -0.05) is 82.8 Å². The summed E-state index contributed by atoms with van der Waals surface area (Å²) in [4.78, 5) is 41.6. The van der Waals surface area contributed by atoms with Crippen molar-refractivity contribution in [2.24, 2.45) is 16.2 Å². The van der Waals surface area contributed by atoms with E-state index in [-0.39, 0.29) is 0 Å². The molecule has 0 radical (unpaired) electrons. The van der Waals surface area contributed by atoms with E-state index in [0.29, 0.717) is 106 Å². The molecule has 24 nitrogen and oxygen atoms in total. The average Bonchev–Trinajstić information content (AvgIpc) is 0.780. The van der Waals surface area contributed by atoms with E-state index in [1.54, 1.807) is 73.7 Å². The predicted molar refractivity (Wildman–Crippen MR) is 506 cm³/mol. The van der Waals surface area contributed by atoms with Crippen molar-refractivity contribution in [1.29, 1.82) is 0 Å². The maximum Gasteiger partial charge on any atom is 0.229 e. The Labute approximate surface area is 736 Å². The van der Waals surface area contributed by atoms with Crippen molar-refractivity contribution < 1.29 is 27.9 Å². The zero-order valence-corrected chi connectivity index (χ0v) is 78.4. The van der Waals surface area contributed by atoms with Gasteiger partial charge >= 0.3 is 0 Å². The SMILES string of the molecule is COc1cc(N2CCC3(CCN(C)CC3)CC2)c(Br)cc1Nc1ncc(Cl)c(Nc2ccccc2P(C)(C)=O)n1.COc1cc(N2CCC3(CCN(C)CC3)CC2)c(C)cc1Nc1ncc(Cl)c(Nc2ccccc2P(C)(C)=O)n1.COc1cc(N2CCC3(CCN(C)CC3)CC2)c(Cl)cc1Nc1ncc(Cl)c(Nc2ccccc2P(C)(C)=O)n1. The Kier molecular flexibility index (Phi) is 29.0. The maximum absolute atomic E-state index is 12.8. The topological polar surface area (TPSA) is 248 Å². The van der Waals surface area contributed by atoms with Gasteiger partial charge in [0.05, 0.1) is 90.4 Å². The number of likely N-dealkylation sites (tertiary alicyclic amines) is 3. The van der Waals surface area contributed by atoms with Crippen molar-refractivity contribution in [3.63, 3.8) is 0 Å². The molecule has 6 aromatic carbocycles. The summed E-state index contributed by atoms with van der Waals surface area (Å²) in [6, 6.07) is 34.6. The number of para-hydroxylation sites is 3. The molecule has 120 heavy (non-hydrogen) atoms. The van der Waals surface area contributed by atoms with Crippen molar-refractivity contribution in [2.75, 3.05) is 208 Å². The van der Waals surface area contributed by atoms with Crippen LogP contribution in [0.25, 0.3) is 0 Å². The molecule has 0 aliphatic carbocycles. The van der Waals surface area contributed by atoms with Crippen LogP contribution in [0.1, 0.15) is 82.6 Å². The Hall–Kier alpha value is -7.63. The molecule has 6 fully saturated rings. The zero-order valence-electron chi connectivity index (χ0n) is 71.1. The summed E-state index contributed by atoms with van der Waals surface area (Å²) in [5, 5.41) is 23.5. The maximum atomic E-state index is 12.8. The van der Waals surface area contributed by atoms with E-state index in [9.17, 15) is 13.7 Å². The normalized spacial score (nSPS) is 17.6. The van der Waals surface area contributed by atoms with Gasteiger partial charge in [0.2, 0.25) is 17.8 Å². The van der Waals surface area contributed by atoms with E-state index in [1.165, 1.54) is 134 Å². The first-order chi connectivity index (χ1) is 57.2. The number of hydrogen-bond acceptors (Lipinski definition) is 24. The fourth-order valence-corrected chi connectivity index (χ4v) is 22.0. The van der Waals surface area contributed by atoms with Crippen LogP contribution in [0.4, 0.5) is 86.5 Å². The minimum atomic E-state index is -2.52. The van der Waals surface area contributed by atoms with E-state index in [4.69, 9.17) is 60.6 Å². The molecule has 9 heterocycles. The van der Waals surface area contributed by atoms with Crippen LogP contribution in [-0.2, 0) is 13.7 Å². The van der Waals surface area contributed by atoms with Gasteiger partial charge in [-0.15, -0.1) is 0 Å². The highest BCUT2D eigenvalue weighted by molar-refractivity contribution is 9.10. The molecule has 0 amide bonds. The molecule has 0 saturated carbocycles. The smallest absolute Gasteiger partial charge is 0.229 e. The first-order valence-electron chi connectivity index (χ1n) is 41.1. The van der Waals surface area contributed by atoms with E-state index in [0.717, 1.165) is 88.2 Å². The summed E-state index contributed by atoms with van der Waals surface area (Å²) in [7, 11) is 4.12. The second-order valence-electron chi connectivity index (χ2n) is 34.2. The van der Waals surface area contributed by atoms with Crippen LogP contribution in [0.5, 0.6) is 17.2 Å². The Morgan fingerprint density at radius 1 is 0.358 bits per heavy atom. The fraction of sp³-hybridized carbons (Fsp3) is 0.455. The Morgan fingerprint density at radius 3 is 0.958 bits per heavy atom. The number of ether oxygens (including phenoxy) is 3. The Balaban J connectivity index is 0.000000156. The highest BCUT2D eigenvalue weighted by Crippen LogP contribution is 2.50. The van der Waals surface area contributed by atoms with Crippen LogP contribution in [0.2, 0.25) is 20.1 Å². The van der Waals surface area contributed by atoms with Crippen LogP contribution < -0.4 is 76.7 Å². The van der Waals surface area contributed by atoms with E-state index in [1.807, 2.05) is 91.0 Å². The second kappa shape index (κ2) is 38.6. The fourth-order valence-electron chi connectivity index (χ4n) is 17.3. The number of halogens is 5. The number of anilines is 15. The van der Waals surface area contributed by atoms with Crippen LogP contribution in [0, 0.1) is 23.2 Å². The lowest BCUT2D eigenvalue weighted by Crippen LogP contribution is -2.46. The van der Waals surface area contributed by atoms with Gasteiger partial charge in [-0.2, -0.15) is 15.0 Å². The number of aryl methyl sites for hydroxylation is 1. The molecule has 0 atom stereocenters. The summed E-state index contributed by atoms with van der Waals surface area (Å²) in [6.45, 7) is 26.0. The minimum Gasteiger partial charge on any atom is -0.494 e. The molecule has 6 aliphatic rings. The number of nitrogens with one attached hydrogen (secondary N) is 6. The molecule has 6 saturated heterocycles. The van der Waals surface area contributed by atoms with Crippen molar-refractivity contribution in [3.05, 3.63) is 158 Å². The molecule has 15 rings (SSSR count). The van der Waals surface area contributed by atoms with Crippen LogP contribution >= 0.6 is 83.8 Å². The third-order valence-electron chi connectivity index (χ3n) is 24.9. The lowest BCUT2D eigenvalue weighted by atomic mass is 9.71. The molecule has 9 aromatic rings. The number of nitrogens with zero attached hydrogens (tertiary/aromatic N) is 12. The molecular formula is C88H114BrCl4N18O6P3. The van der Waals surface area contributed by atoms with Gasteiger partial charge in [0, 0.05) is 83.5 Å². The summed E-state index contributed by atoms with van der Waals surface area (Å²) in [5.74, 6) is 4.41. The second-order valence-corrected chi connectivity index (χ2v) is 46.3.